The monoisotopic (exact) mass is 377 g/mol. The van der Waals surface area contributed by atoms with E-state index in [0.29, 0.717) is 0 Å². The maximum absolute atomic E-state index is 12.6. The van der Waals surface area contributed by atoms with Crippen LogP contribution in [0.5, 0.6) is 0 Å². The van der Waals surface area contributed by atoms with Crippen molar-refractivity contribution >= 4 is 5.91 Å². The first-order chi connectivity index (χ1) is 13.8. The van der Waals surface area contributed by atoms with Crippen molar-refractivity contribution < 1.29 is 4.79 Å². The average molecular weight is 378 g/mol. The topological polar surface area (TPSA) is 26.8 Å². The van der Waals surface area contributed by atoms with Crippen LogP contribution in [0, 0.1) is 5.92 Å². The molecule has 0 N–H and O–H groups in total. The van der Waals surface area contributed by atoms with Crippen LogP contribution < -0.4 is 0 Å². The number of likely N-dealkylation sites (tertiary alicyclic amines) is 1. The Bertz CT molecular complexity index is 733. The lowest BCUT2D eigenvalue weighted by Gasteiger charge is -2.39. The summed E-state index contributed by atoms with van der Waals surface area (Å²) >= 11 is 0. The van der Waals surface area contributed by atoms with Gasteiger partial charge >= 0.3 is 0 Å². The Kier molecular flexibility index (Phi) is 6.40. The number of hydrogen-bond donors (Lipinski definition) is 0. The molecule has 2 saturated heterocycles. The summed E-state index contributed by atoms with van der Waals surface area (Å²) in [7, 11) is 0. The SMILES string of the molecule is O=C(c1ccccc1)N1CCC(CN2CCN(Cc3ccccc3)CC2)CC1. The summed E-state index contributed by atoms with van der Waals surface area (Å²) in [6.45, 7) is 8.67. The van der Waals surface area contributed by atoms with Gasteiger partial charge in [0.1, 0.15) is 0 Å². The van der Waals surface area contributed by atoms with Crippen LogP contribution in [0.3, 0.4) is 0 Å². The number of piperazine rings is 1. The molecule has 0 aliphatic carbocycles. The number of nitrogens with zero attached hydrogens (tertiary/aromatic N) is 3. The minimum absolute atomic E-state index is 0.188. The molecule has 0 radical (unpaired) electrons. The summed E-state index contributed by atoms with van der Waals surface area (Å²) in [6, 6.07) is 20.5. The minimum Gasteiger partial charge on any atom is -0.339 e. The normalized spacial score (nSPS) is 19.6. The fourth-order valence-electron chi connectivity index (χ4n) is 4.42. The van der Waals surface area contributed by atoms with Gasteiger partial charge in [-0.1, -0.05) is 48.5 Å². The van der Waals surface area contributed by atoms with Gasteiger partial charge in [0, 0.05) is 57.9 Å². The van der Waals surface area contributed by atoms with E-state index in [0.717, 1.165) is 70.1 Å². The number of carbonyl (C=O) groups excluding carboxylic acids is 1. The zero-order valence-electron chi connectivity index (χ0n) is 16.7. The molecule has 2 aromatic carbocycles. The van der Waals surface area contributed by atoms with E-state index in [-0.39, 0.29) is 5.91 Å². The summed E-state index contributed by atoms with van der Waals surface area (Å²) < 4.78 is 0. The molecule has 0 atom stereocenters. The van der Waals surface area contributed by atoms with Crippen molar-refractivity contribution in [1.29, 1.82) is 0 Å². The molecule has 2 heterocycles. The molecule has 148 valence electrons. The maximum Gasteiger partial charge on any atom is 0.253 e. The Labute approximate surface area is 168 Å². The summed E-state index contributed by atoms with van der Waals surface area (Å²) in [4.78, 5) is 19.8. The smallest absolute Gasteiger partial charge is 0.253 e. The van der Waals surface area contributed by atoms with E-state index >= 15 is 0 Å². The quantitative estimate of drug-likeness (QED) is 0.799. The van der Waals surface area contributed by atoms with Crippen LogP contribution in [0.25, 0.3) is 0 Å². The van der Waals surface area contributed by atoms with Gasteiger partial charge in [-0.05, 0) is 36.5 Å². The number of piperidine rings is 1. The molecule has 2 aliphatic rings. The number of benzene rings is 2. The third kappa shape index (κ3) is 5.00. The summed E-state index contributed by atoms with van der Waals surface area (Å²) in [5.74, 6) is 0.911. The summed E-state index contributed by atoms with van der Waals surface area (Å²) in [6.07, 6.45) is 2.26. The lowest BCUT2D eigenvalue weighted by Crippen LogP contribution is -2.48. The number of amides is 1. The molecule has 4 rings (SSSR count). The second kappa shape index (κ2) is 9.35. The zero-order chi connectivity index (χ0) is 19.2. The highest BCUT2D eigenvalue weighted by atomic mass is 16.2. The van der Waals surface area contributed by atoms with Gasteiger partial charge in [-0.15, -0.1) is 0 Å². The highest BCUT2D eigenvalue weighted by molar-refractivity contribution is 5.94. The molecule has 0 saturated carbocycles. The van der Waals surface area contributed by atoms with Crippen LogP contribution in [0.4, 0.5) is 0 Å². The molecule has 2 fully saturated rings. The third-order valence-electron chi connectivity index (χ3n) is 6.15. The molecule has 2 aliphatic heterocycles. The number of rotatable bonds is 5. The molecule has 1 amide bonds. The molecular weight excluding hydrogens is 346 g/mol. The van der Waals surface area contributed by atoms with E-state index in [1.54, 1.807) is 0 Å². The lowest BCUT2D eigenvalue weighted by atomic mass is 9.95. The summed E-state index contributed by atoms with van der Waals surface area (Å²) in [5.41, 5.74) is 2.22. The average Bonchev–Trinajstić information content (AvgIpc) is 2.76. The predicted molar refractivity (Wildman–Crippen MR) is 113 cm³/mol. The van der Waals surface area contributed by atoms with Gasteiger partial charge in [0.2, 0.25) is 0 Å². The van der Waals surface area contributed by atoms with Crippen LogP contribution >= 0.6 is 0 Å². The van der Waals surface area contributed by atoms with E-state index in [4.69, 9.17) is 0 Å². The molecule has 0 aromatic heterocycles. The Morgan fingerprint density at radius 2 is 1.32 bits per heavy atom. The molecule has 4 heteroatoms. The van der Waals surface area contributed by atoms with Crippen LogP contribution in [0.2, 0.25) is 0 Å². The molecule has 4 nitrogen and oxygen atoms in total. The van der Waals surface area contributed by atoms with Gasteiger partial charge in [0.25, 0.3) is 5.91 Å². The van der Waals surface area contributed by atoms with Crippen LogP contribution in [0.15, 0.2) is 60.7 Å². The Balaban J connectivity index is 1.18. The number of hydrogen-bond acceptors (Lipinski definition) is 3. The van der Waals surface area contributed by atoms with Gasteiger partial charge in [-0.3, -0.25) is 9.69 Å². The van der Waals surface area contributed by atoms with E-state index in [9.17, 15) is 4.79 Å². The highest BCUT2D eigenvalue weighted by Gasteiger charge is 2.26. The van der Waals surface area contributed by atoms with Gasteiger partial charge in [0.15, 0.2) is 0 Å². The standard InChI is InChI=1S/C24H31N3O/c28-24(23-9-5-2-6-10-23)27-13-11-22(12-14-27)20-26-17-15-25(16-18-26)19-21-7-3-1-4-8-21/h1-10,22H,11-20H2. The first-order valence-corrected chi connectivity index (χ1v) is 10.6. The molecule has 0 unspecified atom stereocenters. The first-order valence-electron chi connectivity index (χ1n) is 10.6. The van der Waals surface area contributed by atoms with Gasteiger partial charge in [0.05, 0.1) is 0 Å². The second-order valence-corrected chi connectivity index (χ2v) is 8.16. The fraction of sp³-hybridized carbons (Fsp3) is 0.458. The highest BCUT2D eigenvalue weighted by Crippen LogP contribution is 2.21. The van der Waals surface area contributed by atoms with E-state index < -0.39 is 0 Å². The van der Waals surface area contributed by atoms with E-state index in [1.165, 1.54) is 12.1 Å². The first kappa shape index (κ1) is 19.2. The largest absolute Gasteiger partial charge is 0.339 e. The van der Waals surface area contributed by atoms with Crippen LogP contribution in [-0.4, -0.2) is 66.4 Å². The van der Waals surface area contributed by atoms with Crippen molar-refractivity contribution in [3.05, 3.63) is 71.8 Å². The number of carbonyl (C=O) groups is 1. The predicted octanol–water partition coefficient (Wildman–Crippen LogP) is 3.36. The molecule has 0 bridgehead atoms. The zero-order valence-corrected chi connectivity index (χ0v) is 16.7. The molecule has 0 spiro atoms. The van der Waals surface area contributed by atoms with Crippen molar-refractivity contribution in [2.24, 2.45) is 5.92 Å². The Hall–Kier alpha value is -2.17. The Morgan fingerprint density at radius 1 is 0.750 bits per heavy atom. The molecule has 2 aromatic rings. The maximum atomic E-state index is 12.6. The second-order valence-electron chi connectivity index (χ2n) is 8.16. The van der Waals surface area contributed by atoms with Crippen LogP contribution in [-0.2, 0) is 6.54 Å². The van der Waals surface area contributed by atoms with Crippen molar-refractivity contribution in [2.45, 2.75) is 19.4 Å². The van der Waals surface area contributed by atoms with Crippen molar-refractivity contribution in [3.8, 4) is 0 Å². The fourth-order valence-corrected chi connectivity index (χ4v) is 4.42. The van der Waals surface area contributed by atoms with Crippen molar-refractivity contribution in [1.82, 2.24) is 14.7 Å². The summed E-state index contributed by atoms with van der Waals surface area (Å²) in [5, 5.41) is 0. The van der Waals surface area contributed by atoms with E-state index in [2.05, 4.69) is 40.1 Å². The van der Waals surface area contributed by atoms with Gasteiger partial charge in [-0.25, -0.2) is 0 Å². The van der Waals surface area contributed by atoms with Gasteiger partial charge < -0.3 is 9.80 Å². The lowest BCUT2D eigenvalue weighted by molar-refractivity contribution is 0.0629. The van der Waals surface area contributed by atoms with Crippen molar-refractivity contribution in [3.63, 3.8) is 0 Å². The van der Waals surface area contributed by atoms with Crippen molar-refractivity contribution in [2.75, 3.05) is 45.8 Å². The minimum atomic E-state index is 0.188. The molecular formula is C24H31N3O. The van der Waals surface area contributed by atoms with Gasteiger partial charge in [-0.2, -0.15) is 0 Å². The van der Waals surface area contributed by atoms with Crippen LogP contribution in [0.1, 0.15) is 28.8 Å². The van der Waals surface area contributed by atoms with E-state index in [1.807, 2.05) is 35.2 Å². The molecule has 28 heavy (non-hydrogen) atoms. The third-order valence-corrected chi connectivity index (χ3v) is 6.15. The Morgan fingerprint density at radius 3 is 1.96 bits per heavy atom.